The Morgan fingerprint density at radius 2 is 1.83 bits per heavy atom. The molecule has 2 aromatic heterocycles. The lowest BCUT2D eigenvalue weighted by molar-refractivity contribution is 0.0783. The molecule has 2 aromatic carbocycles. The van der Waals surface area contributed by atoms with Gasteiger partial charge in [-0.1, -0.05) is 30.3 Å². The lowest BCUT2D eigenvalue weighted by Gasteiger charge is -2.17. The molecule has 29 heavy (non-hydrogen) atoms. The van der Waals surface area contributed by atoms with Crippen LogP contribution >= 0.6 is 0 Å². The van der Waals surface area contributed by atoms with Crippen molar-refractivity contribution >= 4 is 22.5 Å². The molecule has 0 amide bonds. The van der Waals surface area contributed by atoms with Crippen molar-refractivity contribution < 1.29 is 14.6 Å². The van der Waals surface area contributed by atoms with Gasteiger partial charge in [0.2, 0.25) is 5.95 Å². The first kappa shape index (κ1) is 19.1. The van der Waals surface area contributed by atoms with E-state index in [9.17, 15) is 5.11 Å². The normalized spacial score (nSPS) is 12.0. The highest BCUT2D eigenvalue weighted by atomic mass is 16.5. The van der Waals surface area contributed by atoms with Crippen LogP contribution in [0, 0.1) is 0 Å². The number of methoxy groups -OCH3 is 1. The Morgan fingerprint density at radius 1 is 1.07 bits per heavy atom. The average molecular weight is 393 g/mol. The summed E-state index contributed by atoms with van der Waals surface area (Å²) in [7, 11) is 1.59. The van der Waals surface area contributed by atoms with Crippen LogP contribution < -0.4 is 10.5 Å². The Balaban J connectivity index is 1.53. The van der Waals surface area contributed by atoms with E-state index in [0.717, 1.165) is 16.5 Å². The molecule has 2 heterocycles. The average Bonchev–Trinajstić information content (AvgIpc) is 3.12. The molecule has 0 saturated heterocycles. The SMILES string of the molecule is COc1cccc2c1nc(N)n1nc(COCc3ccc(C(C)(C)O)cc3)nc21. The summed E-state index contributed by atoms with van der Waals surface area (Å²) in [4.78, 5) is 8.97. The Bertz CT molecular complexity index is 1160. The Morgan fingerprint density at radius 3 is 2.52 bits per heavy atom. The van der Waals surface area contributed by atoms with E-state index in [2.05, 4.69) is 15.1 Å². The van der Waals surface area contributed by atoms with Crippen LogP contribution in [0.4, 0.5) is 5.95 Å². The molecule has 0 aliphatic carbocycles. The van der Waals surface area contributed by atoms with Crippen molar-refractivity contribution in [3.63, 3.8) is 0 Å². The number of anilines is 1. The van der Waals surface area contributed by atoms with E-state index in [0.29, 0.717) is 29.3 Å². The molecule has 4 rings (SSSR count). The molecule has 0 bridgehead atoms. The van der Waals surface area contributed by atoms with Crippen molar-refractivity contribution in [2.24, 2.45) is 0 Å². The van der Waals surface area contributed by atoms with Gasteiger partial charge in [-0.3, -0.25) is 0 Å². The number of benzene rings is 2. The highest BCUT2D eigenvalue weighted by Crippen LogP contribution is 2.27. The number of ether oxygens (including phenoxy) is 2. The number of nitrogens with two attached hydrogens (primary N) is 1. The van der Waals surface area contributed by atoms with Crippen LogP contribution in [-0.4, -0.2) is 31.8 Å². The number of hydrogen-bond donors (Lipinski definition) is 2. The molecule has 150 valence electrons. The largest absolute Gasteiger partial charge is 0.494 e. The highest BCUT2D eigenvalue weighted by Gasteiger charge is 2.16. The Hall–Kier alpha value is -3.23. The standard InChI is InChI=1S/C21H23N5O3/c1-21(2,27)14-9-7-13(8-10-14)11-29-12-17-23-19-15-5-4-6-16(28-3)18(15)24-20(22)26(19)25-17/h4-10,27H,11-12H2,1-3H3,(H2,22,24). The van der Waals surface area contributed by atoms with Gasteiger partial charge in [0, 0.05) is 5.39 Å². The molecule has 3 N–H and O–H groups in total. The van der Waals surface area contributed by atoms with E-state index in [1.807, 2.05) is 42.5 Å². The van der Waals surface area contributed by atoms with Crippen molar-refractivity contribution in [3.05, 3.63) is 59.4 Å². The summed E-state index contributed by atoms with van der Waals surface area (Å²) in [6.45, 7) is 4.16. The predicted molar refractivity (Wildman–Crippen MR) is 109 cm³/mol. The molecule has 0 aliphatic heterocycles. The Labute approximate surface area is 167 Å². The van der Waals surface area contributed by atoms with Crippen LogP contribution in [0.15, 0.2) is 42.5 Å². The van der Waals surface area contributed by atoms with Gasteiger partial charge in [-0.05, 0) is 37.1 Å². The van der Waals surface area contributed by atoms with Gasteiger partial charge in [0.25, 0.3) is 0 Å². The van der Waals surface area contributed by atoms with Gasteiger partial charge >= 0.3 is 0 Å². The minimum atomic E-state index is -0.862. The van der Waals surface area contributed by atoms with Crippen LogP contribution in [0.5, 0.6) is 5.75 Å². The van der Waals surface area contributed by atoms with Crippen molar-refractivity contribution in [1.29, 1.82) is 0 Å². The topological polar surface area (TPSA) is 108 Å². The molecular weight excluding hydrogens is 370 g/mol. The summed E-state index contributed by atoms with van der Waals surface area (Å²) in [5, 5.41) is 15.3. The first-order valence-corrected chi connectivity index (χ1v) is 9.24. The number of rotatable bonds is 6. The number of nitrogens with zero attached hydrogens (tertiary/aromatic N) is 4. The van der Waals surface area contributed by atoms with Crippen LogP contribution in [0.25, 0.3) is 16.6 Å². The summed E-state index contributed by atoms with van der Waals surface area (Å²) in [5.74, 6) is 1.38. The molecule has 0 radical (unpaired) electrons. The van der Waals surface area contributed by atoms with Gasteiger partial charge in [-0.2, -0.15) is 4.52 Å². The number of nitrogen functional groups attached to an aromatic ring is 1. The molecule has 8 heteroatoms. The van der Waals surface area contributed by atoms with Crippen LogP contribution in [0.1, 0.15) is 30.8 Å². The van der Waals surface area contributed by atoms with E-state index in [1.54, 1.807) is 21.0 Å². The van der Waals surface area contributed by atoms with E-state index >= 15 is 0 Å². The van der Waals surface area contributed by atoms with Crippen LogP contribution in [-0.2, 0) is 23.6 Å². The quantitative estimate of drug-likeness (QED) is 0.518. The van der Waals surface area contributed by atoms with Gasteiger partial charge in [-0.15, -0.1) is 5.10 Å². The zero-order valence-electron chi connectivity index (χ0n) is 16.6. The third kappa shape index (κ3) is 3.72. The lowest BCUT2D eigenvalue weighted by atomic mass is 9.97. The fraction of sp³-hybridized carbons (Fsp3) is 0.286. The molecule has 0 saturated carbocycles. The summed E-state index contributed by atoms with van der Waals surface area (Å²) in [6, 6.07) is 13.3. The lowest BCUT2D eigenvalue weighted by Crippen LogP contribution is -2.15. The molecule has 0 fully saturated rings. The van der Waals surface area contributed by atoms with Crippen molar-refractivity contribution in [2.45, 2.75) is 32.7 Å². The van der Waals surface area contributed by atoms with Gasteiger partial charge in [0.1, 0.15) is 17.9 Å². The first-order valence-electron chi connectivity index (χ1n) is 9.24. The zero-order chi connectivity index (χ0) is 20.6. The molecule has 0 atom stereocenters. The third-order valence-corrected chi connectivity index (χ3v) is 4.71. The second kappa shape index (κ2) is 7.31. The molecular formula is C21H23N5O3. The summed E-state index contributed by atoms with van der Waals surface area (Å²) >= 11 is 0. The van der Waals surface area contributed by atoms with Crippen molar-refractivity contribution in [3.8, 4) is 5.75 Å². The van der Waals surface area contributed by atoms with Crippen LogP contribution in [0.2, 0.25) is 0 Å². The number of aliphatic hydroxyl groups is 1. The predicted octanol–water partition coefficient (Wildman–Crippen LogP) is 2.81. The van der Waals surface area contributed by atoms with E-state index in [4.69, 9.17) is 15.2 Å². The molecule has 0 unspecified atom stereocenters. The number of hydrogen-bond acceptors (Lipinski definition) is 7. The molecule has 4 aromatic rings. The number of aromatic nitrogens is 4. The third-order valence-electron chi connectivity index (χ3n) is 4.71. The van der Waals surface area contributed by atoms with Gasteiger partial charge < -0.3 is 20.3 Å². The summed E-state index contributed by atoms with van der Waals surface area (Å²) in [5.41, 5.74) is 8.31. The number of para-hydroxylation sites is 1. The second-order valence-electron chi connectivity index (χ2n) is 7.34. The molecule has 0 aliphatic rings. The fourth-order valence-corrected chi connectivity index (χ4v) is 3.16. The number of fused-ring (bicyclic) bond motifs is 3. The minimum absolute atomic E-state index is 0.234. The maximum absolute atomic E-state index is 10.0. The monoisotopic (exact) mass is 393 g/mol. The van der Waals surface area contributed by atoms with E-state index < -0.39 is 5.60 Å². The minimum Gasteiger partial charge on any atom is -0.494 e. The smallest absolute Gasteiger partial charge is 0.223 e. The first-order chi connectivity index (χ1) is 13.9. The summed E-state index contributed by atoms with van der Waals surface area (Å²) in [6.07, 6.45) is 0. The van der Waals surface area contributed by atoms with Gasteiger partial charge in [0.15, 0.2) is 11.5 Å². The van der Waals surface area contributed by atoms with E-state index in [1.165, 1.54) is 4.52 Å². The maximum atomic E-state index is 10.0. The van der Waals surface area contributed by atoms with Crippen LogP contribution in [0.3, 0.4) is 0 Å². The van der Waals surface area contributed by atoms with Crippen molar-refractivity contribution in [1.82, 2.24) is 19.6 Å². The van der Waals surface area contributed by atoms with E-state index in [-0.39, 0.29) is 12.6 Å². The summed E-state index contributed by atoms with van der Waals surface area (Å²) < 4.78 is 12.6. The Kier molecular flexibility index (Phi) is 4.81. The maximum Gasteiger partial charge on any atom is 0.223 e. The second-order valence-corrected chi connectivity index (χ2v) is 7.34. The van der Waals surface area contributed by atoms with Gasteiger partial charge in [-0.25, -0.2) is 9.97 Å². The highest BCUT2D eigenvalue weighted by molar-refractivity contribution is 5.95. The van der Waals surface area contributed by atoms with Gasteiger partial charge in [0.05, 0.1) is 19.3 Å². The zero-order valence-corrected chi connectivity index (χ0v) is 16.6. The fourth-order valence-electron chi connectivity index (χ4n) is 3.16. The van der Waals surface area contributed by atoms with Crippen molar-refractivity contribution in [2.75, 3.05) is 12.8 Å². The molecule has 0 spiro atoms. The molecule has 8 nitrogen and oxygen atoms in total.